The van der Waals surface area contributed by atoms with Gasteiger partial charge in [0, 0.05) is 33.3 Å². The van der Waals surface area contributed by atoms with E-state index < -0.39 is 0 Å². The molecule has 8 heteroatoms. The number of halogens is 3. The van der Waals surface area contributed by atoms with Crippen molar-refractivity contribution in [3.63, 3.8) is 0 Å². The first-order valence-corrected chi connectivity index (χ1v) is 10.4. The Hall–Kier alpha value is -2.34. The van der Waals surface area contributed by atoms with Crippen LogP contribution in [0.3, 0.4) is 0 Å². The van der Waals surface area contributed by atoms with Crippen molar-refractivity contribution in [1.82, 2.24) is 14.8 Å². The van der Waals surface area contributed by atoms with Crippen molar-refractivity contribution in [3.8, 4) is 11.4 Å². The Morgan fingerprint density at radius 1 is 1.00 bits per heavy atom. The molecule has 1 atom stereocenters. The molecule has 1 aliphatic heterocycles. The Labute approximate surface area is 182 Å². The summed E-state index contributed by atoms with van der Waals surface area (Å²) in [4.78, 5) is 17.5. The summed E-state index contributed by atoms with van der Waals surface area (Å²) in [7, 11) is 0. The SMILES string of the molecule is O=C1CCCC2=C1C(c1ccc(Cl)cc1)n1nc(-c3ccc(Cl)cc3Cl)nc1N2. The number of hydrogen-bond acceptors (Lipinski definition) is 4. The van der Waals surface area contributed by atoms with Gasteiger partial charge in [0.05, 0.1) is 5.02 Å². The van der Waals surface area contributed by atoms with Crippen LogP contribution < -0.4 is 5.32 Å². The molecule has 2 aromatic carbocycles. The van der Waals surface area contributed by atoms with Gasteiger partial charge in [-0.05, 0) is 48.7 Å². The Morgan fingerprint density at radius 2 is 1.76 bits per heavy atom. The summed E-state index contributed by atoms with van der Waals surface area (Å²) in [6, 6.07) is 12.3. The fourth-order valence-corrected chi connectivity index (χ4v) is 4.51. The quantitative estimate of drug-likeness (QED) is 0.531. The van der Waals surface area contributed by atoms with Gasteiger partial charge in [-0.2, -0.15) is 4.98 Å². The molecule has 29 heavy (non-hydrogen) atoms. The van der Waals surface area contributed by atoms with E-state index in [2.05, 4.69) is 10.3 Å². The number of ketones is 1. The van der Waals surface area contributed by atoms with Gasteiger partial charge in [-0.1, -0.05) is 46.9 Å². The van der Waals surface area contributed by atoms with E-state index in [4.69, 9.17) is 39.9 Å². The van der Waals surface area contributed by atoms with Crippen LogP contribution in [-0.2, 0) is 4.79 Å². The molecule has 0 fully saturated rings. The van der Waals surface area contributed by atoms with Crippen LogP contribution in [0.25, 0.3) is 11.4 Å². The molecule has 5 rings (SSSR count). The first-order chi connectivity index (χ1) is 14.0. The van der Waals surface area contributed by atoms with E-state index in [0.717, 1.165) is 29.7 Å². The number of carbonyl (C=O) groups excluding carboxylic acids is 1. The second kappa shape index (κ2) is 7.17. The summed E-state index contributed by atoms with van der Waals surface area (Å²) in [5, 5.41) is 9.68. The summed E-state index contributed by atoms with van der Waals surface area (Å²) in [6.07, 6.45) is 2.15. The van der Waals surface area contributed by atoms with Crippen molar-refractivity contribution >= 4 is 46.5 Å². The van der Waals surface area contributed by atoms with Crippen LogP contribution in [0.4, 0.5) is 5.95 Å². The average molecular weight is 446 g/mol. The number of benzene rings is 2. The fourth-order valence-electron chi connectivity index (χ4n) is 3.89. The van der Waals surface area contributed by atoms with Gasteiger partial charge in [0.1, 0.15) is 6.04 Å². The zero-order chi connectivity index (χ0) is 20.1. The summed E-state index contributed by atoms with van der Waals surface area (Å²) in [6.45, 7) is 0. The molecule has 146 valence electrons. The number of fused-ring (bicyclic) bond motifs is 1. The molecule has 0 radical (unpaired) electrons. The van der Waals surface area contributed by atoms with Crippen LogP contribution in [0.1, 0.15) is 30.9 Å². The standard InChI is InChI=1S/C21H15Cl3N4O/c22-12-6-4-11(5-7-12)19-18-16(2-1-3-17(18)29)25-21-26-20(27-28(19)21)14-9-8-13(23)10-15(14)24/h4-10,19H,1-3H2,(H,25,26,27). The first kappa shape index (κ1) is 18.7. The van der Waals surface area contributed by atoms with Crippen molar-refractivity contribution in [2.75, 3.05) is 5.32 Å². The van der Waals surface area contributed by atoms with Gasteiger partial charge < -0.3 is 5.32 Å². The highest BCUT2D eigenvalue weighted by Gasteiger charge is 2.37. The predicted octanol–water partition coefficient (Wildman–Crippen LogP) is 5.93. The monoisotopic (exact) mass is 444 g/mol. The van der Waals surface area contributed by atoms with Gasteiger partial charge in [0.25, 0.3) is 0 Å². The number of carbonyl (C=O) groups is 1. The van der Waals surface area contributed by atoms with Crippen LogP contribution in [0.2, 0.25) is 15.1 Å². The molecular formula is C21H15Cl3N4O. The van der Waals surface area contributed by atoms with E-state index in [9.17, 15) is 4.79 Å². The van der Waals surface area contributed by atoms with Crippen molar-refractivity contribution < 1.29 is 4.79 Å². The maximum Gasteiger partial charge on any atom is 0.226 e. The van der Waals surface area contributed by atoms with Crippen LogP contribution >= 0.6 is 34.8 Å². The lowest BCUT2D eigenvalue weighted by molar-refractivity contribution is -0.116. The summed E-state index contributed by atoms with van der Waals surface area (Å²) < 4.78 is 1.76. The predicted molar refractivity (Wildman–Crippen MR) is 115 cm³/mol. The number of aromatic nitrogens is 3. The number of anilines is 1. The summed E-state index contributed by atoms with van der Waals surface area (Å²) in [5.74, 6) is 1.19. The minimum atomic E-state index is -0.362. The van der Waals surface area contributed by atoms with Crippen LogP contribution in [0, 0.1) is 0 Å². The van der Waals surface area contributed by atoms with Crippen molar-refractivity contribution in [2.45, 2.75) is 25.3 Å². The van der Waals surface area contributed by atoms with E-state index >= 15 is 0 Å². The van der Waals surface area contributed by atoms with Gasteiger partial charge in [0.2, 0.25) is 5.95 Å². The van der Waals surface area contributed by atoms with Gasteiger partial charge in [-0.15, -0.1) is 5.10 Å². The van der Waals surface area contributed by atoms with Gasteiger partial charge in [-0.25, -0.2) is 4.68 Å². The second-order valence-corrected chi connectivity index (χ2v) is 8.36. The zero-order valence-corrected chi connectivity index (χ0v) is 17.4. The molecule has 0 bridgehead atoms. The Morgan fingerprint density at radius 3 is 2.52 bits per heavy atom. The van der Waals surface area contributed by atoms with E-state index in [1.165, 1.54) is 0 Å². The Balaban J connectivity index is 1.68. The lowest BCUT2D eigenvalue weighted by Crippen LogP contribution is -2.31. The summed E-state index contributed by atoms with van der Waals surface area (Å²) >= 11 is 18.5. The summed E-state index contributed by atoms with van der Waals surface area (Å²) in [5.41, 5.74) is 3.26. The van der Waals surface area contributed by atoms with Crippen LogP contribution in [0.15, 0.2) is 53.7 Å². The third-order valence-electron chi connectivity index (χ3n) is 5.23. The Kier molecular flexibility index (Phi) is 4.62. The number of allylic oxidation sites excluding steroid dienone is 2. The third kappa shape index (κ3) is 3.23. The second-order valence-electron chi connectivity index (χ2n) is 7.08. The molecule has 5 nitrogen and oxygen atoms in total. The molecule has 2 heterocycles. The smallest absolute Gasteiger partial charge is 0.226 e. The molecule has 0 saturated carbocycles. The number of Topliss-reactive ketones (excluding diaryl/α,β-unsaturated/α-hetero) is 1. The average Bonchev–Trinajstić information content (AvgIpc) is 3.10. The first-order valence-electron chi connectivity index (χ1n) is 9.22. The van der Waals surface area contributed by atoms with Gasteiger partial charge >= 0.3 is 0 Å². The minimum absolute atomic E-state index is 0.130. The molecule has 1 N–H and O–H groups in total. The molecule has 0 saturated heterocycles. The van der Waals surface area contributed by atoms with E-state index in [0.29, 0.717) is 38.8 Å². The number of nitrogens with zero attached hydrogens (tertiary/aromatic N) is 3. The van der Waals surface area contributed by atoms with E-state index in [-0.39, 0.29) is 11.8 Å². The molecule has 1 aliphatic carbocycles. The molecule has 1 aromatic heterocycles. The minimum Gasteiger partial charge on any atom is -0.328 e. The number of hydrogen-bond donors (Lipinski definition) is 1. The van der Waals surface area contributed by atoms with Crippen LogP contribution in [-0.4, -0.2) is 20.5 Å². The highest BCUT2D eigenvalue weighted by atomic mass is 35.5. The van der Waals surface area contributed by atoms with Crippen molar-refractivity contribution in [1.29, 1.82) is 0 Å². The molecule has 2 aliphatic rings. The van der Waals surface area contributed by atoms with Crippen LogP contribution in [0.5, 0.6) is 0 Å². The lowest BCUT2D eigenvalue weighted by atomic mass is 9.85. The molecule has 1 unspecified atom stereocenters. The van der Waals surface area contributed by atoms with Gasteiger partial charge in [-0.3, -0.25) is 4.79 Å². The molecule has 0 spiro atoms. The highest BCUT2D eigenvalue weighted by molar-refractivity contribution is 6.36. The van der Waals surface area contributed by atoms with E-state index in [1.807, 2.05) is 24.3 Å². The zero-order valence-electron chi connectivity index (χ0n) is 15.1. The maximum atomic E-state index is 12.8. The fraction of sp³-hybridized carbons (Fsp3) is 0.190. The van der Waals surface area contributed by atoms with E-state index in [1.54, 1.807) is 22.9 Å². The molecule has 3 aromatic rings. The molecule has 0 amide bonds. The number of rotatable bonds is 2. The number of nitrogens with one attached hydrogen (secondary N) is 1. The van der Waals surface area contributed by atoms with Crippen molar-refractivity contribution in [3.05, 3.63) is 74.4 Å². The molecular weight excluding hydrogens is 431 g/mol. The maximum absolute atomic E-state index is 12.8. The topological polar surface area (TPSA) is 59.8 Å². The normalized spacial score (nSPS) is 18.3. The Bertz CT molecular complexity index is 1170. The van der Waals surface area contributed by atoms with Gasteiger partial charge in [0.15, 0.2) is 11.6 Å². The lowest BCUT2D eigenvalue weighted by Gasteiger charge is -2.32. The third-order valence-corrected chi connectivity index (χ3v) is 6.03. The van der Waals surface area contributed by atoms with Crippen molar-refractivity contribution in [2.24, 2.45) is 0 Å². The highest BCUT2D eigenvalue weighted by Crippen LogP contribution is 2.41. The largest absolute Gasteiger partial charge is 0.328 e.